The maximum Gasteiger partial charge on any atom is 0.229 e. The van der Waals surface area contributed by atoms with Crippen LogP contribution < -0.4 is 20.9 Å². The highest BCUT2D eigenvalue weighted by Gasteiger charge is 2.24. The molecule has 0 amide bonds. The first kappa shape index (κ1) is 21.0. The van der Waals surface area contributed by atoms with E-state index in [9.17, 15) is 0 Å². The average molecular weight is 436 g/mol. The lowest BCUT2D eigenvalue weighted by molar-refractivity contribution is 0.313. The van der Waals surface area contributed by atoms with Gasteiger partial charge < -0.3 is 30.3 Å². The van der Waals surface area contributed by atoms with Crippen molar-refractivity contribution in [3.05, 3.63) is 30.6 Å². The van der Waals surface area contributed by atoms with Crippen LogP contribution in [0.15, 0.2) is 30.6 Å². The third kappa shape index (κ3) is 4.10. The molecule has 0 aliphatic carbocycles. The molecule has 1 aromatic carbocycles. The predicted octanol–water partition coefficient (Wildman–Crippen LogP) is 2.44. The van der Waals surface area contributed by atoms with E-state index in [0.29, 0.717) is 5.95 Å². The van der Waals surface area contributed by atoms with Gasteiger partial charge in [-0.1, -0.05) is 0 Å². The number of fused-ring (bicyclic) bond motifs is 1. The van der Waals surface area contributed by atoms with Gasteiger partial charge in [-0.15, -0.1) is 0 Å². The topological polar surface area (TPSA) is 91.4 Å². The Labute approximate surface area is 189 Å². The average Bonchev–Trinajstić information content (AvgIpc) is 3.41. The molecule has 0 spiro atoms. The lowest BCUT2D eigenvalue weighted by Crippen LogP contribution is -2.44. The van der Waals surface area contributed by atoms with Gasteiger partial charge in [0.2, 0.25) is 5.95 Å². The van der Waals surface area contributed by atoms with Crippen LogP contribution >= 0.6 is 0 Å². The SMILES string of the molecule is CC(C)n1cnc2c(Nc3ccc(N4CCN(C)CC4)cc3)nc(N3CC[C@H](N)C3)nc21. The Morgan fingerprint density at radius 1 is 1.00 bits per heavy atom. The molecule has 170 valence electrons. The van der Waals surface area contributed by atoms with Gasteiger partial charge in [0.1, 0.15) is 0 Å². The predicted molar refractivity (Wildman–Crippen MR) is 130 cm³/mol. The Kier molecular flexibility index (Phi) is 5.60. The summed E-state index contributed by atoms with van der Waals surface area (Å²) >= 11 is 0. The summed E-state index contributed by atoms with van der Waals surface area (Å²) in [5.41, 5.74) is 10.0. The van der Waals surface area contributed by atoms with E-state index in [-0.39, 0.29) is 12.1 Å². The van der Waals surface area contributed by atoms with Crippen LogP contribution in [-0.2, 0) is 0 Å². The summed E-state index contributed by atoms with van der Waals surface area (Å²) < 4.78 is 2.10. The normalized spacial score (nSPS) is 20.0. The second-order valence-corrected chi connectivity index (χ2v) is 9.25. The van der Waals surface area contributed by atoms with Crippen LogP contribution in [0.4, 0.5) is 23.1 Å². The molecule has 5 rings (SSSR count). The number of piperazine rings is 1. The maximum absolute atomic E-state index is 6.14. The molecular weight excluding hydrogens is 402 g/mol. The van der Waals surface area contributed by atoms with Gasteiger partial charge in [-0.3, -0.25) is 0 Å². The second kappa shape index (κ2) is 8.55. The van der Waals surface area contributed by atoms with E-state index in [1.54, 1.807) is 0 Å². The van der Waals surface area contributed by atoms with Crippen molar-refractivity contribution in [3.63, 3.8) is 0 Å². The first-order chi connectivity index (χ1) is 15.5. The minimum atomic E-state index is 0.169. The van der Waals surface area contributed by atoms with Gasteiger partial charge in [0.15, 0.2) is 17.0 Å². The maximum atomic E-state index is 6.14. The van der Waals surface area contributed by atoms with Gasteiger partial charge in [0.05, 0.1) is 6.33 Å². The number of benzene rings is 1. The molecule has 2 aliphatic heterocycles. The van der Waals surface area contributed by atoms with Crippen molar-refractivity contribution in [1.82, 2.24) is 24.4 Å². The number of nitrogens with zero attached hydrogens (tertiary/aromatic N) is 7. The van der Waals surface area contributed by atoms with Crippen LogP contribution in [-0.4, -0.2) is 76.8 Å². The Balaban J connectivity index is 1.44. The highest BCUT2D eigenvalue weighted by molar-refractivity contribution is 5.87. The lowest BCUT2D eigenvalue weighted by atomic mass is 10.2. The van der Waals surface area contributed by atoms with E-state index in [1.165, 1.54) is 5.69 Å². The van der Waals surface area contributed by atoms with Gasteiger partial charge in [0.25, 0.3) is 0 Å². The minimum Gasteiger partial charge on any atom is -0.369 e. The summed E-state index contributed by atoms with van der Waals surface area (Å²) in [4.78, 5) is 21.3. The number of likely N-dealkylation sites (N-methyl/N-ethyl adjacent to an activating group) is 1. The third-order valence-corrected chi connectivity index (χ3v) is 6.47. The zero-order valence-electron chi connectivity index (χ0n) is 19.2. The number of rotatable bonds is 5. The monoisotopic (exact) mass is 435 g/mol. The number of anilines is 4. The molecule has 9 heteroatoms. The molecule has 0 unspecified atom stereocenters. The van der Waals surface area contributed by atoms with Crippen LogP contribution in [0.2, 0.25) is 0 Å². The fourth-order valence-corrected chi connectivity index (χ4v) is 4.44. The lowest BCUT2D eigenvalue weighted by Gasteiger charge is -2.34. The first-order valence-electron chi connectivity index (χ1n) is 11.5. The quantitative estimate of drug-likeness (QED) is 0.632. The van der Waals surface area contributed by atoms with Crippen molar-refractivity contribution in [1.29, 1.82) is 0 Å². The smallest absolute Gasteiger partial charge is 0.229 e. The number of aromatic nitrogens is 4. The number of imidazole rings is 1. The summed E-state index contributed by atoms with van der Waals surface area (Å²) in [6, 6.07) is 9.03. The molecule has 3 aromatic rings. The van der Waals surface area contributed by atoms with E-state index < -0.39 is 0 Å². The summed E-state index contributed by atoms with van der Waals surface area (Å²) in [7, 11) is 2.18. The highest BCUT2D eigenvalue weighted by atomic mass is 15.3. The van der Waals surface area contributed by atoms with Crippen LogP contribution in [0.5, 0.6) is 0 Å². The number of nitrogens with one attached hydrogen (secondary N) is 1. The number of hydrogen-bond donors (Lipinski definition) is 2. The van der Waals surface area contributed by atoms with Crippen LogP contribution in [0.1, 0.15) is 26.3 Å². The molecule has 0 bridgehead atoms. The minimum absolute atomic E-state index is 0.169. The zero-order chi connectivity index (χ0) is 22.2. The van der Waals surface area contributed by atoms with E-state index in [1.807, 2.05) is 6.33 Å². The largest absolute Gasteiger partial charge is 0.369 e. The van der Waals surface area contributed by atoms with Crippen LogP contribution in [0.25, 0.3) is 11.2 Å². The molecule has 4 heterocycles. The molecule has 0 radical (unpaired) electrons. The van der Waals surface area contributed by atoms with E-state index in [2.05, 4.69) is 74.7 Å². The summed E-state index contributed by atoms with van der Waals surface area (Å²) in [6.07, 6.45) is 2.81. The van der Waals surface area contributed by atoms with Crippen molar-refractivity contribution < 1.29 is 0 Å². The fraction of sp³-hybridized carbons (Fsp3) is 0.522. The Hall–Kier alpha value is -2.91. The van der Waals surface area contributed by atoms with Crippen LogP contribution in [0.3, 0.4) is 0 Å². The van der Waals surface area contributed by atoms with Crippen molar-refractivity contribution in [3.8, 4) is 0 Å². The molecular formula is C23H33N9. The second-order valence-electron chi connectivity index (χ2n) is 9.25. The number of hydrogen-bond acceptors (Lipinski definition) is 8. The zero-order valence-corrected chi connectivity index (χ0v) is 19.2. The molecule has 2 aliphatic rings. The molecule has 9 nitrogen and oxygen atoms in total. The Morgan fingerprint density at radius 2 is 1.75 bits per heavy atom. The molecule has 1 atom stereocenters. The van der Waals surface area contributed by atoms with Crippen molar-refractivity contribution in [2.45, 2.75) is 32.4 Å². The van der Waals surface area contributed by atoms with Crippen molar-refractivity contribution >= 4 is 34.3 Å². The fourth-order valence-electron chi connectivity index (χ4n) is 4.44. The molecule has 0 saturated carbocycles. The molecule has 3 N–H and O–H groups in total. The molecule has 32 heavy (non-hydrogen) atoms. The van der Waals surface area contributed by atoms with Gasteiger partial charge in [0, 0.05) is 62.7 Å². The van der Waals surface area contributed by atoms with E-state index in [0.717, 1.165) is 68.4 Å². The van der Waals surface area contributed by atoms with Crippen molar-refractivity contribution in [2.24, 2.45) is 5.73 Å². The van der Waals surface area contributed by atoms with Crippen LogP contribution in [0, 0.1) is 0 Å². The summed E-state index contributed by atoms with van der Waals surface area (Å²) in [5, 5.41) is 3.50. The Morgan fingerprint density at radius 3 is 2.41 bits per heavy atom. The van der Waals surface area contributed by atoms with Gasteiger partial charge >= 0.3 is 0 Å². The van der Waals surface area contributed by atoms with Crippen molar-refractivity contribution in [2.75, 3.05) is 61.4 Å². The van der Waals surface area contributed by atoms with E-state index in [4.69, 9.17) is 15.7 Å². The van der Waals surface area contributed by atoms with E-state index >= 15 is 0 Å². The first-order valence-corrected chi connectivity index (χ1v) is 11.5. The highest BCUT2D eigenvalue weighted by Crippen LogP contribution is 2.29. The van der Waals surface area contributed by atoms with Gasteiger partial charge in [-0.2, -0.15) is 9.97 Å². The summed E-state index contributed by atoms with van der Waals surface area (Å²) in [6.45, 7) is 10.2. The number of nitrogens with two attached hydrogens (primary N) is 1. The Bertz CT molecular complexity index is 1070. The molecule has 2 saturated heterocycles. The summed E-state index contributed by atoms with van der Waals surface area (Å²) in [5.74, 6) is 1.45. The molecule has 2 aromatic heterocycles. The van der Waals surface area contributed by atoms with Gasteiger partial charge in [-0.05, 0) is 51.6 Å². The molecule has 2 fully saturated rings. The van der Waals surface area contributed by atoms with Gasteiger partial charge in [-0.25, -0.2) is 4.98 Å². The standard InChI is InChI=1S/C23H33N9/c1-16(2)32-15-25-20-21(27-23(28-22(20)32)31-9-8-17(24)14-31)26-18-4-6-19(7-5-18)30-12-10-29(3)11-13-30/h4-7,15-17H,8-14,24H2,1-3H3,(H,26,27,28)/t17-/m0/s1. The third-order valence-electron chi connectivity index (χ3n) is 6.47.